The standard InChI is InChI=1S/C21H21N3OS/c22-21(19-7-4-14-26-19)24-18-11-8-16(9-12-18)10-13-20(25)23-15-17-5-2-1-3-6-17/h1-9,11-12,14H,10,13,15H2,(H2,22,24)(H,23,25). The third-order valence-electron chi connectivity index (χ3n) is 3.93. The Morgan fingerprint density at radius 1 is 0.962 bits per heavy atom. The van der Waals surface area contributed by atoms with Gasteiger partial charge in [-0.2, -0.15) is 0 Å². The Hall–Kier alpha value is -2.92. The van der Waals surface area contributed by atoms with E-state index in [9.17, 15) is 4.79 Å². The van der Waals surface area contributed by atoms with Crippen LogP contribution in [0, 0.1) is 0 Å². The number of hydrogen-bond acceptors (Lipinski definition) is 3. The summed E-state index contributed by atoms with van der Waals surface area (Å²) in [5.74, 6) is 0.575. The minimum Gasteiger partial charge on any atom is -0.383 e. The van der Waals surface area contributed by atoms with Crippen molar-refractivity contribution in [2.24, 2.45) is 10.7 Å². The smallest absolute Gasteiger partial charge is 0.220 e. The molecule has 4 nitrogen and oxygen atoms in total. The number of aliphatic imine (C=N–C) groups is 1. The molecule has 3 aromatic rings. The predicted molar refractivity (Wildman–Crippen MR) is 108 cm³/mol. The van der Waals surface area contributed by atoms with E-state index >= 15 is 0 Å². The number of rotatable bonds is 7. The van der Waals surface area contributed by atoms with Crippen LogP contribution in [0.4, 0.5) is 5.69 Å². The van der Waals surface area contributed by atoms with Gasteiger partial charge in [-0.15, -0.1) is 11.3 Å². The predicted octanol–water partition coefficient (Wildman–Crippen LogP) is 4.03. The lowest BCUT2D eigenvalue weighted by atomic mass is 10.1. The fourth-order valence-electron chi connectivity index (χ4n) is 2.50. The van der Waals surface area contributed by atoms with Crippen molar-refractivity contribution in [2.75, 3.05) is 0 Å². The number of nitrogens with zero attached hydrogens (tertiary/aromatic N) is 1. The monoisotopic (exact) mass is 363 g/mol. The summed E-state index contributed by atoms with van der Waals surface area (Å²) in [7, 11) is 0. The number of thiophene rings is 1. The molecule has 0 spiro atoms. The SMILES string of the molecule is NC(=Nc1ccc(CCC(=O)NCc2ccccc2)cc1)c1cccs1. The van der Waals surface area contributed by atoms with Gasteiger partial charge in [0.15, 0.2) is 0 Å². The molecule has 0 atom stereocenters. The molecule has 0 saturated carbocycles. The van der Waals surface area contributed by atoms with E-state index in [0.717, 1.165) is 21.7 Å². The average Bonchev–Trinajstić information content (AvgIpc) is 3.22. The van der Waals surface area contributed by atoms with Gasteiger partial charge in [0.1, 0.15) is 5.84 Å². The molecule has 1 heterocycles. The molecule has 2 aromatic carbocycles. The summed E-state index contributed by atoms with van der Waals surface area (Å²) in [6.45, 7) is 0.565. The van der Waals surface area contributed by atoms with E-state index < -0.39 is 0 Å². The van der Waals surface area contributed by atoms with Crippen LogP contribution in [0.1, 0.15) is 22.4 Å². The van der Waals surface area contributed by atoms with Crippen LogP contribution >= 0.6 is 11.3 Å². The topological polar surface area (TPSA) is 67.5 Å². The summed E-state index contributed by atoms with van der Waals surface area (Å²) in [6, 6.07) is 21.6. The highest BCUT2D eigenvalue weighted by Crippen LogP contribution is 2.17. The molecule has 5 heteroatoms. The summed E-state index contributed by atoms with van der Waals surface area (Å²) in [6.07, 6.45) is 1.16. The number of benzene rings is 2. The van der Waals surface area contributed by atoms with Crippen LogP contribution in [0.25, 0.3) is 0 Å². The number of carbonyl (C=O) groups is 1. The summed E-state index contributed by atoms with van der Waals surface area (Å²) in [4.78, 5) is 17.4. The summed E-state index contributed by atoms with van der Waals surface area (Å²) >= 11 is 1.57. The maximum absolute atomic E-state index is 12.0. The third kappa shape index (κ3) is 5.29. The van der Waals surface area contributed by atoms with Gasteiger partial charge in [-0.05, 0) is 41.1 Å². The summed E-state index contributed by atoms with van der Waals surface area (Å²) < 4.78 is 0. The number of amides is 1. The quantitative estimate of drug-likeness (QED) is 0.491. The van der Waals surface area contributed by atoms with E-state index in [-0.39, 0.29) is 5.91 Å². The van der Waals surface area contributed by atoms with Crippen LogP contribution in [0.15, 0.2) is 77.1 Å². The molecule has 0 unspecified atom stereocenters. The zero-order chi connectivity index (χ0) is 18.2. The van der Waals surface area contributed by atoms with E-state index in [2.05, 4.69) is 10.3 Å². The molecule has 0 radical (unpaired) electrons. The Labute approximate surface area is 157 Å². The minimum absolute atomic E-state index is 0.0536. The van der Waals surface area contributed by atoms with Crippen LogP contribution in [-0.4, -0.2) is 11.7 Å². The number of amidine groups is 1. The molecule has 0 aliphatic rings. The molecule has 0 bridgehead atoms. The number of hydrogen-bond donors (Lipinski definition) is 2. The number of nitrogens with two attached hydrogens (primary N) is 1. The van der Waals surface area contributed by atoms with Gasteiger partial charge in [0.2, 0.25) is 5.91 Å². The van der Waals surface area contributed by atoms with E-state index in [1.807, 2.05) is 72.1 Å². The van der Waals surface area contributed by atoms with E-state index in [4.69, 9.17) is 5.73 Å². The Kier molecular flexibility index (Phi) is 6.17. The zero-order valence-corrected chi connectivity index (χ0v) is 15.2. The van der Waals surface area contributed by atoms with Crippen LogP contribution in [0.3, 0.4) is 0 Å². The lowest BCUT2D eigenvalue weighted by Gasteiger charge is -2.06. The lowest BCUT2D eigenvalue weighted by Crippen LogP contribution is -2.22. The highest BCUT2D eigenvalue weighted by atomic mass is 32.1. The van der Waals surface area contributed by atoms with Crippen LogP contribution in [0.2, 0.25) is 0 Å². The molecule has 26 heavy (non-hydrogen) atoms. The van der Waals surface area contributed by atoms with Gasteiger partial charge >= 0.3 is 0 Å². The number of carbonyl (C=O) groups excluding carboxylic acids is 1. The Bertz CT molecular complexity index is 856. The average molecular weight is 363 g/mol. The second-order valence-corrected chi connectivity index (χ2v) is 6.85. The molecule has 0 aliphatic heterocycles. The van der Waals surface area contributed by atoms with E-state index in [1.54, 1.807) is 11.3 Å². The Morgan fingerprint density at radius 3 is 2.42 bits per heavy atom. The van der Waals surface area contributed by atoms with Crippen LogP contribution in [-0.2, 0) is 17.8 Å². The first-order valence-electron chi connectivity index (χ1n) is 8.48. The van der Waals surface area contributed by atoms with Gasteiger partial charge in [-0.25, -0.2) is 4.99 Å². The first-order valence-corrected chi connectivity index (χ1v) is 9.36. The van der Waals surface area contributed by atoms with Crippen molar-refractivity contribution < 1.29 is 4.79 Å². The van der Waals surface area contributed by atoms with Gasteiger partial charge in [0.25, 0.3) is 0 Å². The minimum atomic E-state index is 0.0536. The van der Waals surface area contributed by atoms with E-state index in [0.29, 0.717) is 25.2 Å². The largest absolute Gasteiger partial charge is 0.383 e. The first-order chi connectivity index (χ1) is 12.7. The summed E-state index contributed by atoms with van der Waals surface area (Å²) in [5, 5.41) is 4.92. The summed E-state index contributed by atoms with van der Waals surface area (Å²) in [5.41, 5.74) is 9.02. The normalized spacial score (nSPS) is 11.3. The van der Waals surface area contributed by atoms with Crippen molar-refractivity contribution in [1.82, 2.24) is 5.32 Å². The van der Waals surface area contributed by atoms with Crippen molar-refractivity contribution in [3.05, 3.63) is 88.1 Å². The van der Waals surface area contributed by atoms with Gasteiger partial charge in [-0.1, -0.05) is 48.5 Å². The molecule has 0 aliphatic carbocycles. The maximum Gasteiger partial charge on any atom is 0.220 e. The van der Waals surface area contributed by atoms with Crippen molar-refractivity contribution in [2.45, 2.75) is 19.4 Å². The van der Waals surface area contributed by atoms with Gasteiger partial charge in [-0.3, -0.25) is 4.79 Å². The molecule has 3 N–H and O–H groups in total. The first kappa shape index (κ1) is 17.9. The number of nitrogens with one attached hydrogen (secondary N) is 1. The second-order valence-electron chi connectivity index (χ2n) is 5.90. The van der Waals surface area contributed by atoms with Gasteiger partial charge in [0.05, 0.1) is 10.6 Å². The highest BCUT2D eigenvalue weighted by molar-refractivity contribution is 7.12. The molecular weight excluding hydrogens is 342 g/mol. The Morgan fingerprint density at radius 2 is 1.73 bits per heavy atom. The van der Waals surface area contributed by atoms with Crippen molar-refractivity contribution >= 4 is 28.8 Å². The Balaban J connectivity index is 1.48. The van der Waals surface area contributed by atoms with Gasteiger partial charge in [0, 0.05) is 13.0 Å². The molecule has 0 fully saturated rings. The maximum atomic E-state index is 12.0. The van der Waals surface area contributed by atoms with Crippen molar-refractivity contribution in [3.8, 4) is 0 Å². The number of aryl methyl sites for hydroxylation is 1. The van der Waals surface area contributed by atoms with Gasteiger partial charge < -0.3 is 11.1 Å². The molecular formula is C21H21N3OS. The fourth-order valence-corrected chi connectivity index (χ4v) is 3.13. The van der Waals surface area contributed by atoms with Crippen molar-refractivity contribution in [3.63, 3.8) is 0 Å². The highest BCUT2D eigenvalue weighted by Gasteiger charge is 2.03. The molecule has 132 valence electrons. The molecule has 1 amide bonds. The van der Waals surface area contributed by atoms with Crippen molar-refractivity contribution in [1.29, 1.82) is 0 Å². The zero-order valence-electron chi connectivity index (χ0n) is 14.4. The van der Waals surface area contributed by atoms with E-state index in [1.165, 1.54) is 0 Å². The third-order valence-corrected chi connectivity index (χ3v) is 4.83. The molecule has 0 saturated heterocycles. The molecule has 1 aromatic heterocycles. The van der Waals surface area contributed by atoms with Crippen LogP contribution in [0.5, 0.6) is 0 Å². The second kappa shape index (κ2) is 8.97. The fraction of sp³-hybridized carbons (Fsp3) is 0.143. The molecule has 3 rings (SSSR count). The van der Waals surface area contributed by atoms with Crippen LogP contribution < -0.4 is 11.1 Å². The lowest BCUT2D eigenvalue weighted by molar-refractivity contribution is -0.121.